The van der Waals surface area contributed by atoms with Gasteiger partial charge in [-0.2, -0.15) is 5.26 Å². The highest BCUT2D eigenvalue weighted by Crippen LogP contribution is 2.19. The molecule has 0 aromatic heterocycles. The van der Waals surface area contributed by atoms with Gasteiger partial charge in [-0.15, -0.1) is 0 Å². The molecule has 0 spiro atoms. The molecule has 0 saturated carbocycles. The number of hydrogen-bond acceptors (Lipinski definition) is 3. The van der Waals surface area contributed by atoms with Gasteiger partial charge in [-0.3, -0.25) is 4.90 Å². The summed E-state index contributed by atoms with van der Waals surface area (Å²) in [5.74, 6) is 0. The predicted molar refractivity (Wildman–Crippen MR) is 62.6 cm³/mol. The molecule has 0 aliphatic carbocycles. The maximum atomic E-state index is 9.03. The first-order valence-corrected chi connectivity index (χ1v) is 6.18. The topological polar surface area (TPSA) is 39.1 Å². The molecule has 86 valence electrons. The molecule has 3 nitrogen and oxygen atoms in total. The van der Waals surface area contributed by atoms with E-state index < -0.39 is 0 Å². The second-order valence-corrected chi connectivity index (χ2v) is 4.34. The minimum Gasteiger partial charge on any atom is -0.301 e. The highest BCUT2D eigenvalue weighted by Gasteiger charge is 2.24. The molecule has 0 aromatic rings. The highest BCUT2D eigenvalue weighted by atomic mass is 15.2. The molecule has 1 N–H and O–H groups in total. The van der Waals surface area contributed by atoms with Gasteiger partial charge in [0.1, 0.15) is 6.04 Å². The predicted octanol–water partition coefficient (Wildman–Crippen LogP) is 1.75. The minimum atomic E-state index is 0.0112. The van der Waals surface area contributed by atoms with E-state index in [1.54, 1.807) is 0 Å². The Kier molecular flexibility index (Phi) is 5.67. The molecule has 2 atom stereocenters. The number of hydrogen-bond donors (Lipinski definition) is 1. The van der Waals surface area contributed by atoms with Crippen LogP contribution in [0.1, 0.15) is 39.5 Å². The summed E-state index contributed by atoms with van der Waals surface area (Å²) >= 11 is 0. The van der Waals surface area contributed by atoms with Crippen LogP contribution in [0.3, 0.4) is 0 Å². The summed E-state index contributed by atoms with van der Waals surface area (Å²) in [5.41, 5.74) is 0. The molecular formula is C12H23N3. The third-order valence-electron chi connectivity index (χ3n) is 3.18. The third-order valence-corrected chi connectivity index (χ3v) is 3.18. The molecule has 1 heterocycles. The smallest absolute Gasteiger partial charge is 0.108 e. The van der Waals surface area contributed by atoms with E-state index in [-0.39, 0.29) is 6.04 Å². The standard InChI is InChI=1S/C12H23N3/c1-3-7-14-11(9-13)10-15-8-5-6-12(15)4-2/h11-12,14H,3-8,10H2,1-2H3. The van der Waals surface area contributed by atoms with Gasteiger partial charge in [0.25, 0.3) is 0 Å². The summed E-state index contributed by atoms with van der Waals surface area (Å²) in [4.78, 5) is 2.47. The summed E-state index contributed by atoms with van der Waals surface area (Å²) in [5, 5.41) is 12.3. The zero-order valence-corrected chi connectivity index (χ0v) is 10.00. The SMILES string of the molecule is CCCNC(C#N)CN1CCCC1CC. The van der Waals surface area contributed by atoms with Gasteiger partial charge in [-0.25, -0.2) is 0 Å². The van der Waals surface area contributed by atoms with Crippen molar-refractivity contribution in [1.82, 2.24) is 10.2 Å². The van der Waals surface area contributed by atoms with Crippen molar-refractivity contribution in [2.24, 2.45) is 0 Å². The van der Waals surface area contributed by atoms with E-state index in [2.05, 4.69) is 30.1 Å². The normalized spacial score (nSPS) is 23.9. The first-order chi connectivity index (χ1) is 7.31. The van der Waals surface area contributed by atoms with E-state index in [1.807, 2.05) is 0 Å². The fourth-order valence-corrected chi connectivity index (χ4v) is 2.30. The molecule has 15 heavy (non-hydrogen) atoms. The first kappa shape index (κ1) is 12.5. The minimum absolute atomic E-state index is 0.0112. The van der Waals surface area contributed by atoms with E-state index in [9.17, 15) is 0 Å². The Morgan fingerprint density at radius 3 is 2.93 bits per heavy atom. The maximum Gasteiger partial charge on any atom is 0.108 e. The maximum absolute atomic E-state index is 9.03. The van der Waals surface area contributed by atoms with Gasteiger partial charge in [0.2, 0.25) is 0 Å². The van der Waals surface area contributed by atoms with Crippen molar-refractivity contribution in [3.05, 3.63) is 0 Å². The monoisotopic (exact) mass is 209 g/mol. The lowest BCUT2D eigenvalue weighted by Crippen LogP contribution is -2.42. The molecule has 1 aliphatic heterocycles. The van der Waals surface area contributed by atoms with Crippen LogP contribution in [0, 0.1) is 11.3 Å². The van der Waals surface area contributed by atoms with Crippen LogP contribution in [0.15, 0.2) is 0 Å². The first-order valence-electron chi connectivity index (χ1n) is 6.18. The molecule has 3 heteroatoms. The zero-order valence-electron chi connectivity index (χ0n) is 10.00. The van der Waals surface area contributed by atoms with Crippen LogP contribution >= 0.6 is 0 Å². The van der Waals surface area contributed by atoms with Crippen LogP contribution in [-0.4, -0.2) is 36.6 Å². The number of nitriles is 1. The molecule has 0 bridgehead atoms. The molecule has 0 aromatic carbocycles. The van der Waals surface area contributed by atoms with E-state index in [1.165, 1.54) is 25.8 Å². The lowest BCUT2D eigenvalue weighted by molar-refractivity contribution is 0.234. The van der Waals surface area contributed by atoms with Crippen LogP contribution in [0.4, 0.5) is 0 Å². The third kappa shape index (κ3) is 3.81. The van der Waals surface area contributed by atoms with Gasteiger partial charge in [-0.1, -0.05) is 13.8 Å². The highest BCUT2D eigenvalue weighted by molar-refractivity contribution is 4.94. The number of nitrogens with one attached hydrogen (secondary N) is 1. The summed E-state index contributed by atoms with van der Waals surface area (Å²) in [6.45, 7) is 7.39. The van der Waals surface area contributed by atoms with Gasteiger partial charge in [-0.05, 0) is 38.8 Å². The van der Waals surface area contributed by atoms with Crippen molar-refractivity contribution in [1.29, 1.82) is 5.26 Å². The largest absolute Gasteiger partial charge is 0.301 e. The lowest BCUT2D eigenvalue weighted by Gasteiger charge is -2.25. The van der Waals surface area contributed by atoms with E-state index >= 15 is 0 Å². The Morgan fingerprint density at radius 1 is 1.53 bits per heavy atom. The van der Waals surface area contributed by atoms with Crippen LogP contribution in [0.2, 0.25) is 0 Å². The summed E-state index contributed by atoms with van der Waals surface area (Å²) in [7, 11) is 0. The van der Waals surface area contributed by atoms with Gasteiger partial charge < -0.3 is 5.32 Å². The number of likely N-dealkylation sites (tertiary alicyclic amines) is 1. The Balaban J connectivity index is 2.34. The fourth-order valence-electron chi connectivity index (χ4n) is 2.30. The average molecular weight is 209 g/mol. The van der Waals surface area contributed by atoms with Crippen molar-refractivity contribution in [3.63, 3.8) is 0 Å². The summed E-state index contributed by atoms with van der Waals surface area (Å²) < 4.78 is 0. The Labute approximate surface area is 93.5 Å². The molecule has 1 fully saturated rings. The Morgan fingerprint density at radius 2 is 2.33 bits per heavy atom. The van der Waals surface area contributed by atoms with E-state index in [0.717, 1.165) is 19.5 Å². The summed E-state index contributed by atoms with van der Waals surface area (Å²) in [6.07, 6.45) is 4.91. The quantitative estimate of drug-likeness (QED) is 0.724. The van der Waals surface area contributed by atoms with Crippen molar-refractivity contribution in [3.8, 4) is 6.07 Å². The lowest BCUT2D eigenvalue weighted by atomic mass is 10.1. The van der Waals surface area contributed by atoms with Crippen molar-refractivity contribution < 1.29 is 0 Å². The molecule has 1 rings (SSSR count). The summed E-state index contributed by atoms with van der Waals surface area (Å²) in [6, 6.07) is 3.08. The second kappa shape index (κ2) is 6.81. The zero-order chi connectivity index (χ0) is 11.1. The molecule has 0 amide bonds. The van der Waals surface area contributed by atoms with Crippen LogP contribution in [0.25, 0.3) is 0 Å². The molecule has 1 aliphatic rings. The molecule has 2 unspecified atom stereocenters. The van der Waals surface area contributed by atoms with Gasteiger partial charge in [0, 0.05) is 12.6 Å². The van der Waals surface area contributed by atoms with E-state index in [0.29, 0.717) is 6.04 Å². The van der Waals surface area contributed by atoms with Crippen molar-refractivity contribution >= 4 is 0 Å². The van der Waals surface area contributed by atoms with Crippen LogP contribution in [-0.2, 0) is 0 Å². The van der Waals surface area contributed by atoms with Crippen molar-refractivity contribution in [2.75, 3.05) is 19.6 Å². The number of rotatable bonds is 6. The molecule has 1 saturated heterocycles. The molecular weight excluding hydrogens is 186 g/mol. The molecule has 0 radical (unpaired) electrons. The van der Waals surface area contributed by atoms with Crippen LogP contribution < -0.4 is 5.32 Å². The second-order valence-electron chi connectivity index (χ2n) is 4.34. The van der Waals surface area contributed by atoms with Crippen molar-refractivity contribution in [2.45, 2.75) is 51.6 Å². The number of nitrogens with zero attached hydrogens (tertiary/aromatic N) is 2. The van der Waals surface area contributed by atoms with Gasteiger partial charge >= 0.3 is 0 Å². The fraction of sp³-hybridized carbons (Fsp3) is 0.917. The Hall–Kier alpha value is -0.590. The van der Waals surface area contributed by atoms with E-state index in [4.69, 9.17) is 5.26 Å². The average Bonchev–Trinajstić information content (AvgIpc) is 2.71. The van der Waals surface area contributed by atoms with Crippen LogP contribution in [0.5, 0.6) is 0 Å². The Bertz CT molecular complexity index is 209. The van der Waals surface area contributed by atoms with Gasteiger partial charge in [0.15, 0.2) is 0 Å². The van der Waals surface area contributed by atoms with Gasteiger partial charge in [0.05, 0.1) is 6.07 Å².